The van der Waals surface area contributed by atoms with Crippen LogP contribution in [0.25, 0.3) is 0 Å². The first-order chi connectivity index (χ1) is 10.0. The molecule has 1 aromatic carbocycles. The van der Waals surface area contributed by atoms with Gasteiger partial charge in [-0.25, -0.2) is 18.1 Å². The van der Waals surface area contributed by atoms with Crippen LogP contribution in [0.15, 0.2) is 39.8 Å². The molecule has 0 unspecified atom stereocenters. The van der Waals surface area contributed by atoms with Crippen molar-refractivity contribution in [3.63, 3.8) is 0 Å². The fourth-order valence-electron chi connectivity index (χ4n) is 1.66. The Morgan fingerprint density at radius 2 is 2.14 bits per heavy atom. The number of hydrogen-bond acceptors (Lipinski definition) is 5. The van der Waals surface area contributed by atoms with Crippen molar-refractivity contribution in [3.8, 4) is 11.8 Å². The molecule has 2 aromatic rings. The second kappa shape index (κ2) is 6.54. The highest BCUT2D eigenvalue weighted by atomic mass is 32.2. The second-order valence-electron chi connectivity index (χ2n) is 4.15. The summed E-state index contributed by atoms with van der Waals surface area (Å²) < 4.78 is 32.2. The average Bonchev–Trinajstić information content (AvgIpc) is 2.89. The van der Waals surface area contributed by atoms with E-state index in [0.29, 0.717) is 11.3 Å². The number of aromatic nitrogens is 1. The normalized spacial score (nSPS) is 11.0. The van der Waals surface area contributed by atoms with Gasteiger partial charge in [-0.1, -0.05) is 24.0 Å². The van der Waals surface area contributed by atoms with Gasteiger partial charge in [0.25, 0.3) is 0 Å². The number of rotatable bonds is 4. The molecule has 2 N–H and O–H groups in total. The van der Waals surface area contributed by atoms with Gasteiger partial charge in [-0.15, -0.1) is 0 Å². The molecule has 0 atom stereocenters. The van der Waals surface area contributed by atoms with Crippen molar-refractivity contribution in [2.45, 2.75) is 18.4 Å². The van der Waals surface area contributed by atoms with Crippen LogP contribution in [0.3, 0.4) is 0 Å². The van der Waals surface area contributed by atoms with Crippen LogP contribution in [0.5, 0.6) is 0 Å². The van der Waals surface area contributed by atoms with Gasteiger partial charge in [0.15, 0.2) is 0 Å². The molecule has 0 fully saturated rings. The van der Waals surface area contributed by atoms with Crippen LogP contribution in [-0.4, -0.2) is 25.1 Å². The predicted molar refractivity (Wildman–Crippen MR) is 75.7 cm³/mol. The lowest BCUT2D eigenvalue weighted by Crippen LogP contribution is -2.24. The fourth-order valence-corrected chi connectivity index (χ4v) is 2.79. The van der Waals surface area contributed by atoms with Crippen LogP contribution in [0.4, 0.5) is 0 Å². The number of benzene rings is 1. The highest BCUT2D eigenvalue weighted by Crippen LogP contribution is 2.14. The van der Waals surface area contributed by atoms with Gasteiger partial charge >= 0.3 is 0 Å². The summed E-state index contributed by atoms with van der Waals surface area (Å²) in [5.74, 6) is 5.95. The Hall–Kier alpha value is -2.14. The van der Waals surface area contributed by atoms with Crippen LogP contribution in [0.2, 0.25) is 0 Å². The van der Waals surface area contributed by atoms with Crippen molar-refractivity contribution >= 4 is 10.0 Å². The maximum Gasteiger partial charge on any atom is 0.242 e. The molecule has 0 amide bonds. The Morgan fingerprint density at radius 3 is 2.81 bits per heavy atom. The molecule has 0 radical (unpaired) electrons. The molecule has 0 aliphatic rings. The Balaban J connectivity index is 2.23. The molecular formula is C14H14N2O4S. The maximum absolute atomic E-state index is 12.3. The van der Waals surface area contributed by atoms with Gasteiger partial charge in [-0.05, 0) is 19.1 Å². The van der Waals surface area contributed by atoms with E-state index in [-0.39, 0.29) is 23.9 Å². The smallest absolute Gasteiger partial charge is 0.242 e. The van der Waals surface area contributed by atoms with Gasteiger partial charge in [-0.2, -0.15) is 0 Å². The lowest BCUT2D eigenvalue weighted by molar-refractivity contribution is 0.350. The fraction of sp³-hybridized carbons (Fsp3) is 0.214. The van der Waals surface area contributed by atoms with E-state index in [1.807, 2.05) is 0 Å². The summed E-state index contributed by atoms with van der Waals surface area (Å²) in [5.41, 5.74) is 0.322. The van der Waals surface area contributed by atoms with Crippen molar-refractivity contribution in [2.75, 3.05) is 6.61 Å². The molecule has 21 heavy (non-hydrogen) atoms. The number of nitrogens with zero attached hydrogens (tertiary/aromatic N) is 1. The summed E-state index contributed by atoms with van der Waals surface area (Å²) in [6.45, 7) is 1.35. The minimum Gasteiger partial charge on any atom is -0.445 e. The Kier molecular flexibility index (Phi) is 4.75. The zero-order valence-corrected chi connectivity index (χ0v) is 12.1. The number of aliphatic hydroxyl groups is 1. The lowest BCUT2D eigenvalue weighted by atomic mass is 10.2. The number of aryl methyl sites for hydroxylation is 1. The summed E-state index contributed by atoms with van der Waals surface area (Å²) in [4.78, 5) is 3.98. The standard InChI is InChI=1S/C14H14N2O4S/c1-11-9-15-14(20-11)10-16-21(18,19)13-7-3-2-5-12(13)6-4-8-17/h2-3,5,7,9,16-17H,8,10H2,1H3. The molecule has 1 aromatic heterocycles. The van der Waals surface area contributed by atoms with Gasteiger partial charge in [0, 0.05) is 5.56 Å². The van der Waals surface area contributed by atoms with Crippen LogP contribution < -0.4 is 4.72 Å². The summed E-state index contributed by atoms with van der Waals surface area (Å²) >= 11 is 0. The SMILES string of the molecule is Cc1cnc(CNS(=O)(=O)c2ccccc2C#CCO)o1. The third kappa shape index (κ3) is 3.92. The van der Waals surface area contributed by atoms with E-state index in [1.165, 1.54) is 12.3 Å². The highest BCUT2D eigenvalue weighted by molar-refractivity contribution is 7.89. The van der Waals surface area contributed by atoms with Crippen molar-refractivity contribution in [1.29, 1.82) is 0 Å². The monoisotopic (exact) mass is 306 g/mol. The zero-order valence-electron chi connectivity index (χ0n) is 11.3. The summed E-state index contributed by atoms with van der Waals surface area (Å²) in [7, 11) is -3.74. The number of nitrogens with one attached hydrogen (secondary N) is 1. The molecule has 1 heterocycles. The topological polar surface area (TPSA) is 92.4 Å². The molecule has 7 heteroatoms. The molecule has 0 spiro atoms. The number of oxazole rings is 1. The molecular weight excluding hydrogens is 292 g/mol. The van der Waals surface area contributed by atoms with Crippen LogP contribution in [0.1, 0.15) is 17.2 Å². The molecule has 6 nitrogen and oxygen atoms in total. The van der Waals surface area contributed by atoms with Gasteiger partial charge in [0.2, 0.25) is 15.9 Å². The first-order valence-electron chi connectivity index (χ1n) is 6.12. The molecule has 0 aliphatic carbocycles. The summed E-state index contributed by atoms with van der Waals surface area (Å²) in [6.07, 6.45) is 1.52. The van der Waals surface area contributed by atoms with E-state index in [9.17, 15) is 8.42 Å². The number of aliphatic hydroxyl groups excluding tert-OH is 1. The van der Waals surface area contributed by atoms with Crippen molar-refractivity contribution < 1.29 is 17.9 Å². The predicted octanol–water partition coefficient (Wildman–Crippen LogP) is 0.805. The molecule has 0 aliphatic heterocycles. The zero-order chi connectivity index (χ0) is 15.3. The summed E-state index contributed by atoms with van der Waals surface area (Å²) in [5, 5.41) is 8.72. The van der Waals surface area contributed by atoms with E-state index in [1.54, 1.807) is 25.1 Å². The minimum absolute atomic E-state index is 0.0437. The largest absolute Gasteiger partial charge is 0.445 e. The molecule has 2 rings (SSSR count). The van der Waals surface area contributed by atoms with E-state index < -0.39 is 10.0 Å². The van der Waals surface area contributed by atoms with Crippen molar-refractivity contribution in [1.82, 2.24) is 9.71 Å². The van der Waals surface area contributed by atoms with E-state index >= 15 is 0 Å². The molecule has 0 bridgehead atoms. The van der Waals surface area contributed by atoms with Gasteiger partial charge in [-0.3, -0.25) is 0 Å². The molecule has 110 valence electrons. The highest BCUT2D eigenvalue weighted by Gasteiger charge is 2.18. The van der Waals surface area contributed by atoms with Crippen molar-refractivity contribution in [2.24, 2.45) is 0 Å². The lowest BCUT2D eigenvalue weighted by Gasteiger charge is -2.07. The number of sulfonamides is 1. The Labute approximate surface area is 122 Å². The van der Waals surface area contributed by atoms with Gasteiger partial charge in [0.1, 0.15) is 12.4 Å². The van der Waals surface area contributed by atoms with Crippen molar-refractivity contribution in [3.05, 3.63) is 47.7 Å². The van der Waals surface area contributed by atoms with E-state index in [4.69, 9.17) is 9.52 Å². The first-order valence-corrected chi connectivity index (χ1v) is 7.61. The third-order valence-electron chi connectivity index (χ3n) is 2.56. The Bertz CT molecular complexity index is 785. The molecule has 0 saturated carbocycles. The van der Waals surface area contributed by atoms with E-state index in [2.05, 4.69) is 21.5 Å². The maximum atomic E-state index is 12.3. The quantitative estimate of drug-likeness (QED) is 0.815. The third-order valence-corrected chi connectivity index (χ3v) is 4.02. The average molecular weight is 306 g/mol. The Morgan fingerprint density at radius 1 is 1.38 bits per heavy atom. The first kappa shape index (κ1) is 15.3. The van der Waals surface area contributed by atoms with Gasteiger partial charge in [0.05, 0.1) is 17.6 Å². The minimum atomic E-state index is -3.74. The summed E-state index contributed by atoms with van der Waals surface area (Å²) in [6, 6.07) is 6.31. The van der Waals surface area contributed by atoms with E-state index in [0.717, 1.165) is 0 Å². The van der Waals surface area contributed by atoms with Crippen LogP contribution in [-0.2, 0) is 16.6 Å². The molecule has 0 saturated heterocycles. The van der Waals surface area contributed by atoms with Crippen LogP contribution in [0, 0.1) is 18.8 Å². The number of hydrogen-bond donors (Lipinski definition) is 2. The second-order valence-corrected chi connectivity index (χ2v) is 5.88. The van der Waals surface area contributed by atoms with Gasteiger partial charge < -0.3 is 9.52 Å². The van der Waals surface area contributed by atoms with Crippen LogP contribution >= 0.6 is 0 Å².